The fourth-order valence-electron chi connectivity index (χ4n) is 2.14. The predicted molar refractivity (Wildman–Crippen MR) is 84.1 cm³/mol. The number of aromatic nitrogens is 2. The van der Waals surface area contributed by atoms with Gasteiger partial charge in [0, 0.05) is 30.0 Å². The normalized spacial score (nSPS) is 11.1. The van der Waals surface area contributed by atoms with Gasteiger partial charge in [-0.3, -0.25) is 4.90 Å². The van der Waals surface area contributed by atoms with Crippen LogP contribution < -0.4 is 0 Å². The van der Waals surface area contributed by atoms with Gasteiger partial charge in [-0.05, 0) is 7.05 Å². The maximum Gasteiger partial charge on any atom is 0.151 e. The van der Waals surface area contributed by atoms with Gasteiger partial charge in [-0.15, -0.1) is 11.3 Å². The first-order valence-electron chi connectivity index (χ1n) is 6.88. The van der Waals surface area contributed by atoms with E-state index in [1.165, 1.54) is 0 Å². The van der Waals surface area contributed by atoms with E-state index in [-0.39, 0.29) is 0 Å². The molecule has 0 saturated heterocycles. The number of thiazole rings is 1. The average molecular weight is 299 g/mol. The molecule has 3 rings (SSSR count). The van der Waals surface area contributed by atoms with E-state index < -0.39 is 0 Å². The van der Waals surface area contributed by atoms with Crippen LogP contribution in [0.15, 0.2) is 51.8 Å². The molecule has 0 radical (unpaired) electrons. The Morgan fingerprint density at radius 2 is 2.10 bits per heavy atom. The van der Waals surface area contributed by atoms with Crippen molar-refractivity contribution >= 4 is 11.3 Å². The lowest BCUT2D eigenvalue weighted by molar-refractivity contribution is 0.275. The number of rotatable bonds is 6. The summed E-state index contributed by atoms with van der Waals surface area (Å²) in [5, 5.41) is 6.23. The van der Waals surface area contributed by atoms with Crippen LogP contribution in [0.3, 0.4) is 0 Å². The summed E-state index contributed by atoms with van der Waals surface area (Å²) in [4.78, 5) is 6.51. The number of hydrogen-bond acceptors (Lipinski definition) is 5. The second-order valence-corrected chi connectivity index (χ2v) is 5.73. The molecule has 0 bridgehead atoms. The molecule has 4 nitrogen and oxygen atoms in total. The molecule has 0 fully saturated rings. The minimum absolute atomic E-state index is 0.754. The Morgan fingerprint density at radius 1 is 1.24 bits per heavy atom. The summed E-state index contributed by atoms with van der Waals surface area (Å²) in [6.45, 7) is 1.70. The number of benzene rings is 1. The molecule has 0 aliphatic heterocycles. The van der Waals surface area contributed by atoms with Crippen LogP contribution in [0.1, 0.15) is 11.5 Å². The van der Waals surface area contributed by atoms with Crippen molar-refractivity contribution in [2.24, 2.45) is 0 Å². The van der Waals surface area contributed by atoms with E-state index in [1.54, 1.807) is 11.3 Å². The van der Waals surface area contributed by atoms with Gasteiger partial charge in [0.05, 0.1) is 17.7 Å². The third kappa shape index (κ3) is 3.77. The number of nitrogens with zero attached hydrogens (tertiary/aromatic N) is 3. The highest BCUT2D eigenvalue weighted by atomic mass is 32.1. The highest BCUT2D eigenvalue weighted by Crippen LogP contribution is 2.19. The van der Waals surface area contributed by atoms with Crippen molar-refractivity contribution < 1.29 is 4.52 Å². The molecule has 0 amide bonds. The van der Waals surface area contributed by atoms with Crippen molar-refractivity contribution in [3.63, 3.8) is 0 Å². The van der Waals surface area contributed by atoms with Gasteiger partial charge >= 0.3 is 0 Å². The van der Waals surface area contributed by atoms with Gasteiger partial charge in [0.1, 0.15) is 5.69 Å². The Morgan fingerprint density at radius 3 is 2.86 bits per heavy atom. The Kier molecular flexibility index (Phi) is 4.43. The number of likely N-dealkylation sites (N-methyl/N-ethyl adjacent to an activating group) is 1. The first-order chi connectivity index (χ1) is 10.3. The first-order valence-corrected chi connectivity index (χ1v) is 7.82. The smallest absolute Gasteiger partial charge is 0.151 e. The molecule has 0 aliphatic carbocycles. The molecule has 3 aromatic rings. The number of hydrogen-bond donors (Lipinski definition) is 0. The molecule has 0 N–H and O–H groups in total. The van der Waals surface area contributed by atoms with Crippen molar-refractivity contribution in [2.75, 3.05) is 13.6 Å². The second kappa shape index (κ2) is 6.65. The molecule has 21 heavy (non-hydrogen) atoms. The summed E-state index contributed by atoms with van der Waals surface area (Å²) in [6, 6.07) is 12.1. The molecule has 0 saturated carbocycles. The monoisotopic (exact) mass is 299 g/mol. The minimum atomic E-state index is 0.754. The molecular formula is C16H17N3OS. The van der Waals surface area contributed by atoms with Crippen molar-refractivity contribution in [1.29, 1.82) is 0 Å². The van der Waals surface area contributed by atoms with E-state index >= 15 is 0 Å². The SMILES string of the molecule is CN(CCc1cscn1)Cc1cc(-c2ccccc2)no1. The third-order valence-electron chi connectivity index (χ3n) is 3.29. The van der Waals surface area contributed by atoms with Crippen LogP contribution in [0.5, 0.6) is 0 Å². The van der Waals surface area contributed by atoms with Crippen molar-refractivity contribution in [2.45, 2.75) is 13.0 Å². The largest absolute Gasteiger partial charge is 0.359 e. The van der Waals surface area contributed by atoms with Gasteiger partial charge in [-0.2, -0.15) is 0 Å². The first kappa shape index (κ1) is 14.0. The van der Waals surface area contributed by atoms with Crippen LogP contribution in [0.25, 0.3) is 11.3 Å². The van der Waals surface area contributed by atoms with Crippen molar-refractivity contribution in [1.82, 2.24) is 15.0 Å². The highest BCUT2D eigenvalue weighted by Gasteiger charge is 2.09. The Bertz CT molecular complexity index is 664. The summed E-state index contributed by atoms with van der Waals surface area (Å²) in [5.41, 5.74) is 4.99. The molecule has 0 spiro atoms. The van der Waals surface area contributed by atoms with Gasteiger partial charge in [-0.1, -0.05) is 35.5 Å². The molecule has 108 valence electrons. The van der Waals surface area contributed by atoms with Crippen LogP contribution in [0.4, 0.5) is 0 Å². The predicted octanol–water partition coefficient (Wildman–Crippen LogP) is 3.47. The van der Waals surface area contributed by atoms with Crippen LogP contribution in [-0.4, -0.2) is 28.6 Å². The fraction of sp³-hybridized carbons (Fsp3) is 0.250. The fourth-order valence-corrected chi connectivity index (χ4v) is 2.74. The maximum absolute atomic E-state index is 5.42. The zero-order valence-electron chi connectivity index (χ0n) is 11.9. The highest BCUT2D eigenvalue weighted by molar-refractivity contribution is 7.07. The lowest BCUT2D eigenvalue weighted by Gasteiger charge is -2.13. The van der Waals surface area contributed by atoms with E-state index in [2.05, 4.69) is 27.5 Å². The quantitative estimate of drug-likeness (QED) is 0.699. The zero-order chi connectivity index (χ0) is 14.5. The summed E-state index contributed by atoms with van der Waals surface area (Å²) in [6.07, 6.45) is 0.958. The van der Waals surface area contributed by atoms with Crippen LogP contribution in [-0.2, 0) is 13.0 Å². The minimum Gasteiger partial charge on any atom is -0.359 e. The van der Waals surface area contributed by atoms with Crippen molar-refractivity contribution in [3.8, 4) is 11.3 Å². The molecule has 2 heterocycles. The summed E-state index contributed by atoms with van der Waals surface area (Å²) in [5.74, 6) is 0.884. The average Bonchev–Trinajstić information content (AvgIpc) is 3.17. The lowest BCUT2D eigenvalue weighted by Crippen LogP contribution is -2.20. The molecule has 1 aromatic carbocycles. The molecule has 2 aromatic heterocycles. The third-order valence-corrected chi connectivity index (χ3v) is 3.92. The molecule has 0 atom stereocenters. The Balaban J connectivity index is 1.57. The zero-order valence-corrected chi connectivity index (χ0v) is 12.7. The van der Waals surface area contributed by atoms with Crippen molar-refractivity contribution in [3.05, 3.63) is 58.7 Å². The molecular weight excluding hydrogens is 282 g/mol. The van der Waals surface area contributed by atoms with E-state index in [9.17, 15) is 0 Å². The van der Waals surface area contributed by atoms with Crippen LogP contribution >= 0.6 is 11.3 Å². The van der Waals surface area contributed by atoms with E-state index in [0.29, 0.717) is 0 Å². The van der Waals surface area contributed by atoms with Gasteiger partial charge < -0.3 is 4.52 Å². The van der Waals surface area contributed by atoms with Crippen LogP contribution in [0, 0.1) is 0 Å². The summed E-state index contributed by atoms with van der Waals surface area (Å²) >= 11 is 1.64. The van der Waals surface area contributed by atoms with Crippen LogP contribution in [0.2, 0.25) is 0 Å². The summed E-state index contributed by atoms with van der Waals surface area (Å²) < 4.78 is 5.42. The van der Waals surface area contributed by atoms with Gasteiger partial charge in [0.25, 0.3) is 0 Å². The molecule has 0 unspecified atom stereocenters. The topological polar surface area (TPSA) is 42.2 Å². The van der Waals surface area contributed by atoms with Gasteiger partial charge in [0.2, 0.25) is 0 Å². The van der Waals surface area contributed by atoms with E-state index in [4.69, 9.17) is 4.52 Å². The Hall–Kier alpha value is -1.98. The maximum atomic E-state index is 5.42. The Labute approximate surface area is 128 Å². The van der Waals surface area contributed by atoms with E-state index in [0.717, 1.165) is 42.2 Å². The molecule has 5 heteroatoms. The summed E-state index contributed by atoms with van der Waals surface area (Å²) in [7, 11) is 2.08. The van der Waals surface area contributed by atoms with Gasteiger partial charge in [-0.25, -0.2) is 4.98 Å². The molecule has 0 aliphatic rings. The standard InChI is InChI=1S/C16H17N3OS/c1-19(8-7-14-11-21-12-17-14)10-15-9-16(18-20-15)13-5-3-2-4-6-13/h2-6,9,11-12H,7-8,10H2,1H3. The van der Waals surface area contributed by atoms with Gasteiger partial charge in [0.15, 0.2) is 5.76 Å². The van der Waals surface area contributed by atoms with E-state index in [1.807, 2.05) is 41.9 Å². The second-order valence-electron chi connectivity index (χ2n) is 5.01. The lowest BCUT2D eigenvalue weighted by atomic mass is 10.1.